The molecule has 39 heavy (non-hydrogen) atoms. The van der Waals surface area contributed by atoms with Gasteiger partial charge in [-0.3, -0.25) is 4.79 Å². The summed E-state index contributed by atoms with van der Waals surface area (Å²) in [6.45, 7) is 5.50. The third kappa shape index (κ3) is 4.61. The van der Waals surface area contributed by atoms with E-state index in [0.29, 0.717) is 35.7 Å². The van der Waals surface area contributed by atoms with E-state index in [1.165, 1.54) is 37.1 Å². The normalized spacial score (nSPS) is 34.7. The fourth-order valence-corrected chi connectivity index (χ4v) is 9.37. The summed E-state index contributed by atoms with van der Waals surface area (Å²) in [5.74, 6) is 1.17. The Morgan fingerprint density at radius 3 is 2.36 bits per heavy atom. The molecule has 0 spiro atoms. The Kier molecular flexibility index (Phi) is 6.16. The molecule has 0 aromatic heterocycles. The van der Waals surface area contributed by atoms with Crippen molar-refractivity contribution in [3.8, 4) is 16.9 Å². The second-order valence-electron chi connectivity index (χ2n) is 12.7. The van der Waals surface area contributed by atoms with E-state index in [4.69, 9.17) is 4.74 Å². The molecule has 1 N–H and O–H groups in total. The van der Waals surface area contributed by atoms with Gasteiger partial charge in [-0.1, -0.05) is 18.2 Å². The lowest BCUT2D eigenvalue weighted by Crippen LogP contribution is -2.48. The third-order valence-electron chi connectivity index (χ3n) is 9.49. The number of phenolic OH excluding ortho intramolecular Hbond substituents is 1. The molecule has 7 heteroatoms. The second-order valence-corrected chi connectivity index (χ2v) is 13.7. The standard InChI is InChI=1S/C32H35FN2O3S/c1-18-16-35(17-19(2)38-18)31-34-30(37)28(39-31)10-20-4-3-5-24(9-20)25-11-26(29(36)27(33)12-25)32-13-21-6-22(14-32)8-23(7-21)15-32/h3-5,9-12,18-19,21-23,36H,6-8,13-17H2,1-2H3/b28-10-/t18-,19+,21?,22?,23?,32?. The van der Waals surface area contributed by atoms with Gasteiger partial charge >= 0.3 is 0 Å². The van der Waals surface area contributed by atoms with Crippen LogP contribution < -0.4 is 0 Å². The Bertz CT molecular complexity index is 1360. The van der Waals surface area contributed by atoms with E-state index in [0.717, 1.165) is 46.7 Å². The second kappa shape index (κ2) is 9.48. The number of benzene rings is 2. The average Bonchev–Trinajstić information content (AvgIpc) is 3.24. The maximum absolute atomic E-state index is 15.2. The van der Waals surface area contributed by atoms with Gasteiger partial charge in [-0.2, -0.15) is 4.99 Å². The number of hydrogen-bond donors (Lipinski definition) is 1. The highest BCUT2D eigenvalue weighted by Crippen LogP contribution is 2.62. The predicted molar refractivity (Wildman–Crippen MR) is 153 cm³/mol. The number of amidine groups is 1. The van der Waals surface area contributed by atoms with Crippen molar-refractivity contribution in [2.75, 3.05) is 13.1 Å². The summed E-state index contributed by atoms with van der Waals surface area (Å²) >= 11 is 1.40. The maximum atomic E-state index is 15.2. The number of aromatic hydroxyl groups is 1. The van der Waals surface area contributed by atoms with Gasteiger partial charge in [0.15, 0.2) is 16.7 Å². The number of nitrogens with zero attached hydrogens (tertiary/aromatic N) is 2. The van der Waals surface area contributed by atoms with Gasteiger partial charge < -0.3 is 14.7 Å². The van der Waals surface area contributed by atoms with Crippen LogP contribution in [0.15, 0.2) is 46.3 Å². The largest absolute Gasteiger partial charge is 0.505 e. The molecule has 4 bridgehead atoms. The Morgan fingerprint density at radius 1 is 1.03 bits per heavy atom. The first-order valence-electron chi connectivity index (χ1n) is 14.3. The van der Waals surface area contributed by atoms with Crippen LogP contribution in [-0.2, 0) is 14.9 Å². The van der Waals surface area contributed by atoms with Gasteiger partial charge in [-0.25, -0.2) is 4.39 Å². The summed E-state index contributed by atoms with van der Waals surface area (Å²) in [6, 6.07) is 11.3. The fraction of sp³-hybridized carbons (Fsp3) is 0.500. The topological polar surface area (TPSA) is 62.1 Å². The van der Waals surface area contributed by atoms with Crippen LogP contribution in [0.1, 0.15) is 63.5 Å². The minimum absolute atomic E-state index is 0.0888. The third-order valence-corrected chi connectivity index (χ3v) is 10.5. The number of ether oxygens (including phenoxy) is 1. The number of carbonyl (C=O) groups is 1. The zero-order valence-corrected chi connectivity index (χ0v) is 23.3. The Hall–Kier alpha value is -2.64. The summed E-state index contributed by atoms with van der Waals surface area (Å²) in [7, 11) is 0. The molecule has 2 aliphatic heterocycles. The lowest BCUT2D eigenvalue weighted by molar-refractivity contribution is -0.113. The van der Waals surface area contributed by atoms with Crippen LogP contribution in [0.5, 0.6) is 5.75 Å². The molecule has 4 saturated carbocycles. The number of thioether (sulfide) groups is 1. The number of morpholine rings is 1. The number of hydrogen-bond acceptors (Lipinski definition) is 5. The molecule has 5 nitrogen and oxygen atoms in total. The van der Waals surface area contributed by atoms with E-state index in [1.54, 1.807) is 0 Å². The molecule has 1 amide bonds. The SMILES string of the molecule is C[C@@H]1CN(C2=NC(=O)/C(=C/c3cccc(-c4cc(F)c(O)c(C56CC7CC(CC(C7)C5)C6)c4)c3)S2)C[C@H](C)O1. The van der Waals surface area contributed by atoms with E-state index in [1.807, 2.05) is 50.3 Å². The van der Waals surface area contributed by atoms with Crippen LogP contribution in [0.25, 0.3) is 17.2 Å². The molecule has 2 aromatic carbocycles. The minimum Gasteiger partial charge on any atom is -0.505 e. The monoisotopic (exact) mass is 546 g/mol. The lowest BCUT2D eigenvalue weighted by Gasteiger charge is -2.57. The molecule has 2 heterocycles. The Balaban J connectivity index is 1.17. The van der Waals surface area contributed by atoms with E-state index in [-0.39, 0.29) is 29.3 Å². The highest BCUT2D eigenvalue weighted by atomic mass is 32.2. The van der Waals surface area contributed by atoms with Crippen molar-refractivity contribution in [1.29, 1.82) is 0 Å². The van der Waals surface area contributed by atoms with Crippen LogP contribution in [0, 0.1) is 23.6 Å². The first-order chi connectivity index (χ1) is 18.7. The summed E-state index contributed by atoms with van der Waals surface area (Å²) in [6.07, 6.45) is 9.12. The first kappa shape index (κ1) is 25.3. The van der Waals surface area contributed by atoms with Crippen molar-refractivity contribution < 1.29 is 19.0 Å². The van der Waals surface area contributed by atoms with Crippen molar-refractivity contribution in [1.82, 2.24) is 4.90 Å². The number of rotatable bonds is 3. The average molecular weight is 547 g/mol. The smallest absolute Gasteiger partial charge is 0.286 e. The van der Waals surface area contributed by atoms with Gasteiger partial charge in [0.25, 0.3) is 5.91 Å². The van der Waals surface area contributed by atoms with Gasteiger partial charge in [0, 0.05) is 18.7 Å². The van der Waals surface area contributed by atoms with Gasteiger partial charge in [0.2, 0.25) is 0 Å². The van der Waals surface area contributed by atoms with Crippen molar-refractivity contribution in [3.63, 3.8) is 0 Å². The maximum Gasteiger partial charge on any atom is 0.286 e. The molecule has 2 aromatic rings. The molecule has 2 atom stereocenters. The molecule has 4 aliphatic carbocycles. The van der Waals surface area contributed by atoms with Crippen LogP contribution in [-0.4, -0.2) is 46.4 Å². The lowest BCUT2D eigenvalue weighted by atomic mass is 9.48. The summed E-state index contributed by atoms with van der Waals surface area (Å²) in [5.41, 5.74) is 3.21. The van der Waals surface area contributed by atoms with E-state index >= 15 is 4.39 Å². The molecular weight excluding hydrogens is 511 g/mol. The van der Waals surface area contributed by atoms with Crippen LogP contribution >= 0.6 is 11.8 Å². The molecule has 1 saturated heterocycles. The minimum atomic E-state index is -0.546. The molecule has 0 radical (unpaired) electrons. The fourth-order valence-electron chi connectivity index (χ4n) is 8.44. The van der Waals surface area contributed by atoms with Crippen LogP contribution in [0.3, 0.4) is 0 Å². The predicted octanol–water partition coefficient (Wildman–Crippen LogP) is 6.75. The van der Waals surface area contributed by atoms with Crippen LogP contribution in [0.2, 0.25) is 0 Å². The molecule has 8 rings (SSSR count). The van der Waals surface area contributed by atoms with E-state index < -0.39 is 5.82 Å². The van der Waals surface area contributed by atoms with Crippen molar-refractivity contribution in [2.24, 2.45) is 22.7 Å². The number of aliphatic imine (C=N–C) groups is 1. The van der Waals surface area contributed by atoms with E-state index in [9.17, 15) is 9.90 Å². The van der Waals surface area contributed by atoms with Crippen molar-refractivity contribution in [3.05, 3.63) is 58.2 Å². The molecule has 6 aliphatic rings. The Morgan fingerprint density at radius 2 is 1.69 bits per heavy atom. The molecular formula is C32H35FN2O3S. The van der Waals surface area contributed by atoms with Crippen LogP contribution in [0.4, 0.5) is 4.39 Å². The van der Waals surface area contributed by atoms with Gasteiger partial charge in [-0.15, -0.1) is 0 Å². The highest BCUT2D eigenvalue weighted by molar-refractivity contribution is 8.18. The number of phenols is 1. The zero-order valence-electron chi connectivity index (χ0n) is 22.5. The van der Waals surface area contributed by atoms with E-state index in [2.05, 4.69) is 9.89 Å². The van der Waals surface area contributed by atoms with Gasteiger partial charge in [-0.05, 0) is 128 Å². The van der Waals surface area contributed by atoms with Crippen molar-refractivity contribution in [2.45, 2.75) is 70.0 Å². The molecule has 204 valence electrons. The highest BCUT2D eigenvalue weighted by Gasteiger charge is 2.52. The summed E-state index contributed by atoms with van der Waals surface area (Å²) < 4.78 is 21.1. The Labute approximate surface area is 233 Å². The van der Waals surface area contributed by atoms with Gasteiger partial charge in [0.1, 0.15) is 0 Å². The zero-order chi connectivity index (χ0) is 26.9. The summed E-state index contributed by atoms with van der Waals surface area (Å²) in [4.78, 5) is 19.8. The quantitative estimate of drug-likeness (QED) is 0.432. The summed E-state index contributed by atoms with van der Waals surface area (Å²) in [5, 5.41) is 11.6. The number of halogens is 1. The van der Waals surface area contributed by atoms with Crippen molar-refractivity contribution >= 4 is 28.9 Å². The number of amides is 1. The molecule has 5 fully saturated rings. The molecule has 0 unspecified atom stereocenters. The van der Waals surface area contributed by atoms with Gasteiger partial charge in [0.05, 0.1) is 17.1 Å². The first-order valence-corrected chi connectivity index (χ1v) is 15.1. The number of carbonyl (C=O) groups excluding carboxylic acids is 1.